The van der Waals surface area contributed by atoms with Crippen molar-refractivity contribution >= 4 is 0 Å². The molecule has 0 radical (unpaired) electrons. The van der Waals surface area contributed by atoms with Crippen molar-refractivity contribution in [3.05, 3.63) is 0 Å². The summed E-state index contributed by atoms with van der Waals surface area (Å²) in [4.78, 5) is 2.51. The lowest BCUT2D eigenvalue weighted by Crippen LogP contribution is -2.52. The maximum Gasteiger partial charge on any atom is 0.109 e. The van der Waals surface area contributed by atoms with Crippen molar-refractivity contribution in [2.24, 2.45) is 11.3 Å². The van der Waals surface area contributed by atoms with Crippen molar-refractivity contribution in [2.75, 3.05) is 13.1 Å². The van der Waals surface area contributed by atoms with Crippen LogP contribution < -0.4 is 0 Å². The van der Waals surface area contributed by atoms with Crippen LogP contribution >= 0.6 is 0 Å². The molecule has 0 N–H and O–H groups in total. The van der Waals surface area contributed by atoms with Crippen LogP contribution in [0.1, 0.15) is 72.1 Å². The molecule has 2 aliphatic rings. The zero-order valence-corrected chi connectivity index (χ0v) is 13.0. The summed E-state index contributed by atoms with van der Waals surface area (Å²) in [6.07, 6.45) is 9.84. The molecule has 19 heavy (non-hydrogen) atoms. The molecule has 2 rings (SSSR count). The van der Waals surface area contributed by atoms with Gasteiger partial charge in [0, 0.05) is 0 Å². The fourth-order valence-electron chi connectivity index (χ4n) is 3.99. The van der Waals surface area contributed by atoms with E-state index in [4.69, 9.17) is 0 Å². The van der Waals surface area contributed by atoms with Gasteiger partial charge in [-0.05, 0) is 62.9 Å². The van der Waals surface area contributed by atoms with Gasteiger partial charge in [-0.15, -0.1) is 0 Å². The Morgan fingerprint density at radius 2 is 1.74 bits per heavy atom. The molecule has 108 valence electrons. The number of piperidine rings is 1. The van der Waals surface area contributed by atoms with Gasteiger partial charge in [-0.3, -0.25) is 4.90 Å². The van der Waals surface area contributed by atoms with E-state index >= 15 is 0 Å². The highest BCUT2D eigenvalue weighted by Gasteiger charge is 2.43. The van der Waals surface area contributed by atoms with E-state index in [0.29, 0.717) is 5.41 Å². The Kier molecular flexibility index (Phi) is 4.56. The molecule has 0 aromatic carbocycles. The van der Waals surface area contributed by atoms with Crippen molar-refractivity contribution in [1.82, 2.24) is 4.90 Å². The van der Waals surface area contributed by atoms with Gasteiger partial charge in [-0.2, -0.15) is 5.26 Å². The smallest absolute Gasteiger partial charge is 0.109 e. The van der Waals surface area contributed by atoms with Crippen molar-refractivity contribution in [1.29, 1.82) is 5.26 Å². The van der Waals surface area contributed by atoms with Crippen LogP contribution in [0.3, 0.4) is 0 Å². The molecule has 0 amide bonds. The minimum Gasteiger partial charge on any atom is -0.286 e. The maximum absolute atomic E-state index is 9.75. The normalized spacial score (nSPS) is 33.9. The summed E-state index contributed by atoms with van der Waals surface area (Å²) < 4.78 is 0. The predicted molar refractivity (Wildman–Crippen MR) is 79.8 cm³/mol. The Labute approximate surface area is 119 Å². The Morgan fingerprint density at radius 1 is 1.16 bits per heavy atom. The third-order valence-corrected chi connectivity index (χ3v) is 6.00. The van der Waals surface area contributed by atoms with Gasteiger partial charge in [0.25, 0.3) is 0 Å². The minimum absolute atomic E-state index is 0.124. The van der Waals surface area contributed by atoms with E-state index in [9.17, 15) is 5.26 Å². The first-order valence-corrected chi connectivity index (χ1v) is 8.20. The molecule has 0 spiro atoms. The fraction of sp³-hybridized carbons (Fsp3) is 0.941. The van der Waals surface area contributed by atoms with E-state index in [1.165, 1.54) is 38.5 Å². The highest BCUT2D eigenvalue weighted by atomic mass is 15.2. The van der Waals surface area contributed by atoms with Gasteiger partial charge in [0.05, 0.1) is 6.07 Å². The van der Waals surface area contributed by atoms with E-state index < -0.39 is 0 Å². The van der Waals surface area contributed by atoms with Crippen LogP contribution in [-0.4, -0.2) is 23.5 Å². The van der Waals surface area contributed by atoms with Crippen LogP contribution in [-0.2, 0) is 0 Å². The molecular formula is C17H30N2. The monoisotopic (exact) mass is 262 g/mol. The number of nitriles is 1. The van der Waals surface area contributed by atoms with Crippen LogP contribution in [0, 0.1) is 22.7 Å². The lowest BCUT2D eigenvalue weighted by Gasteiger charge is -2.47. The van der Waals surface area contributed by atoms with Crippen LogP contribution in [0.25, 0.3) is 0 Å². The zero-order chi connectivity index (χ0) is 13.9. The topological polar surface area (TPSA) is 27.0 Å². The molecule has 1 saturated carbocycles. The minimum atomic E-state index is -0.124. The summed E-state index contributed by atoms with van der Waals surface area (Å²) >= 11 is 0. The number of hydrogen-bond acceptors (Lipinski definition) is 2. The SMILES string of the molecule is CCC(C)(C)C1CCC(C#N)(N2CCCCC2)CC1. The van der Waals surface area contributed by atoms with Crippen LogP contribution in [0.5, 0.6) is 0 Å². The van der Waals surface area contributed by atoms with E-state index in [-0.39, 0.29) is 5.54 Å². The first kappa shape index (κ1) is 14.9. The Balaban J connectivity index is 2.01. The highest BCUT2D eigenvalue weighted by molar-refractivity contribution is 5.11. The van der Waals surface area contributed by atoms with Gasteiger partial charge in [0.2, 0.25) is 0 Å². The molecular weight excluding hydrogens is 232 g/mol. The van der Waals surface area contributed by atoms with E-state index in [2.05, 4.69) is 31.7 Å². The molecule has 0 bridgehead atoms. The summed E-state index contributed by atoms with van der Waals surface area (Å²) in [6, 6.07) is 2.70. The van der Waals surface area contributed by atoms with Crippen molar-refractivity contribution in [3.8, 4) is 6.07 Å². The molecule has 0 aromatic heterocycles. The third kappa shape index (κ3) is 2.97. The number of hydrogen-bond donors (Lipinski definition) is 0. The molecule has 0 aromatic rings. The van der Waals surface area contributed by atoms with E-state index in [0.717, 1.165) is 31.8 Å². The highest BCUT2D eigenvalue weighted by Crippen LogP contribution is 2.45. The average Bonchev–Trinajstić information content (AvgIpc) is 2.48. The first-order chi connectivity index (χ1) is 9.04. The maximum atomic E-state index is 9.75. The molecule has 0 atom stereocenters. The largest absolute Gasteiger partial charge is 0.286 e. The fourth-order valence-corrected chi connectivity index (χ4v) is 3.99. The van der Waals surface area contributed by atoms with Gasteiger partial charge in [-0.25, -0.2) is 0 Å². The average molecular weight is 262 g/mol. The Morgan fingerprint density at radius 3 is 2.21 bits per heavy atom. The van der Waals surface area contributed by atoms with Crippen LogP contribution in [0.4, 0.5) is 0 Å². The second-order valence-electron chi connectivity index (χ2n) is 7.31. The Bertz CT molecular complexity index is 326. The molecule has 0 unspecified atom stereocenters. The molecule has 2 nitrogen and oxygen atoms in total. The first-order valence-electron chi connectivity index (χ1n) is 8.20. The standard InChI is InChI=1S/C17H30N2/c1-4-16(2,3)15-8-10-17(14-18,11-9-15)19-12-6-5-7-13-19/h15H,4-13H2,1-3H3. The van der Waals surface area contributed by atoms with Crippen LogP contribution in [0.15, 0.2) is 0 Å². The third-order valence-electron chi connectivity index (χ3n) is 6.00. The van der Waals surface area contributed by atoms with Gasteiger partial charge in [0.1, 0.15) is 5.54 Å². The quantitative estimate of drug-likeness (QED) is 0.755. The van der Waals surface area contributed by atoms with Gasteiger partial charge >= 0.3 is 0 Å². The summed E-state index contributed by atoms with van der Waals surface area (Å²) in [5.41, 5.74) is 0.324. The zero-order valence-electron chi connectivity index (χ0n) is 13.0. The molecule has 1 aliphatic heterocycles. The number of likely N-dealkylation sites (tertiary alicyclic amines) is 1. The van der Waals surface area contributed by atoms with Gasteiger partial charge < -0.3 is 0 Å². The summed E-state index contributed by atoms with van der Waals surface area (Å²) in [5.74, 6) is 0.809. The lowest BCUT2D eigenvalue weighted by atomic mass is 9.65. The molecule has 1 saturated heterocycles. The summed E-state index contributed by atoms with van der Waals surface area (Å²) in [5, 5.41) is 9.75. The Hall–Kier alpha value is -0.550. The molecule has 1 aliphatic carbocycles. The number of nitrogens with zero attached hydrogens (tertiary/aromatic N) is 2. The van der Waals surface area contributed by atoms with E-state index in [1.807, 2.05) is 0 Å². The molecule has 2 heteroatoms. The van der Waals surface area contributed by atoms with Gasteiger partial charge in [-0.1, -0.05) is 33.6 Å². The van der Waals surface area contributed by atoms with Gasteiger partial charge in [0.15, 0.2) is 0 Å². The summed E-state index contributed by atoms with van der Waals surface area (Å²) in [6.45, 7) is 9.40. The second-order valence-corrected chi connectivity index (χ2v) is 7.31. The van der Waals surface area contributed by atoms with Crippen molar-refractivity contribution in [3.63, 3.8) is 0 Å². The van der Waals surface area contributed by atoms with Crippen LogP contribution in [0.2, 0.25) is 0 Å². The van der Waals surface area contributed by atoms with Crippen molar-refractivity contribution in [2.45, 2.75) is 77.7 Å². The van der Waals surface area contributed by atoms with E-state index in [1.54, 1.807) is 0 Å². The lowest BCUT2D eigenvalue weighted by molar-refractivity contribution is 0.0351. The molecule has 1 heterocycles. The van der Waals surface area contributed by atoms with Crippen molar-refractivity contribution < 1.29 is 0 Å². The summed E-state index contributed by atoms with van der Waals surface area (Å²) in [7, 11) is 0. The number of rotatable bonds is 3. The second kappa shape index (κ2) is 5.83. The molecule has 2 fully saturated rings. The predicted octanol–water partition coefficient (Wildman–Crippen LogP) is 4.36.